The van der Waals surface area contributed by atoms with Crippen LogP contribution in [0.1, 0.15) is 0 Å². The summed E-state index contributed by atoms with van der Waals surface area (Å²) in [7, 11) is 0. The van der Waals surface area contributed by atoms with Gasteiger partial charge in [-0.15, -0.1) is 0 Å². The smallest absolute Gasteiger partial charge is 0.412 e. The molecule has 6 nitrogen and oxygen atoms in total. The maximum Gasteiger partial charge on any atom is 0.412 e. The van der Waals surface area contributed by atoms with Crippen LogP contribution in [0.3, 0.4) is 0 Å². The van der Waals surface area contributed by atoms with Crippen molar-refractivity contribution in [2.75, 3.05) is 39.8 Å². The molecule has 20 heavy (non-hydrogen) atoms. The van der Waals surface area contributed by atoms with E-state index in [1.54, 1.807) is 0 Å². The number of carbonyl (C=O) groups excluding carboxylic acids is 2. The Hall–Kier alpha value is -1.74. The highest BCUT2D eigenvalue weighted by Crippen LogP contribution is 2.11. The number of hydrogen-bond donors (Lipinski definition) is 0. The summed E-state index contributed by atoms with van der Waals surface area (Å²) in [6, 6.07) is -0.725. The summed E-state index contributed by atoms with van der Waals surface area (Å²) in [6.07, 6.45) is -3.88. The Balaban J connectivity index is 0.000000200. The summed E-state index contributed by atoms with van der Waals surface area (Å²) in [5.74, 6) is 0. The quantitative estimate of drug-likeness (QED) is 0.582. The van der Waals surface area contributed by atoms with E-state index in [1.807, 2.05) is 0 Å². The van der Waals surface area contributed by atoms with Crippen molar-refractivity contribution in [2.45, 2.75) is 12.5 Å². The number of amides is 2. The van der Waals surface area contributed by atoms with Gasteiger partial charge in [0, 0.05) is 0 Å². The molecule has 0 bridgehead atoms. The van der Waals surface area contributed by atoms with Crippen LogP contribution in [0.25, 0.3) is 0 Å². The molecule has 0 aliphatic carbocycles. The first-order chi connectivity index (χ1) is 9.49. The fourth-order valence-corrected chi connectivity index (χ4v) is 1.52. The maximum atomic E-state index is 11.9. The fraction of sp³-hybridized carbons (Fsp3) is 0.800. The van der Waals surface area contributed by atoms with Crippen LogP contribution in [0.15, 0.2) is 0 Å². The van der Waals surface area contributed by atoms with E-state index in [-0.39, 0.29) is 19.8 Å². The first kappa shape index (κ1) is 16.3. The summed E-state index contributed by atoms with van der Waals surface area (Å²) in [6.45, 7) is -1.78. The molecule has 2 fully saturated rings. The number of nitrogens with zero attached hydrogens (tertiary/aromatic N) is 2. The lowest BCUT2D eigenvalue weighted by molar-refractivity contribution is 0.0991. The predicted octanol–water partition coefficient (Wildman–Crippen LogP) is 1.41. The number of alkyl halides is 4. The standard InChI is InChI=1S/2C5H7F2NO2/c6-1-4-2-10-5(9)8(4)3-7;6-4(7)3-8-1-2-10-5(8)9/h2*4H,1-3H2. The second kappa shape index (κ2) is 7.75. The van der Waals surface area contributed by atoms with Gasteiger partial charge in [-0.05, 0) is 0 Å². The van der Waals surface area contributed by atoms with Crippen molar-refractivity contribution >= 4 is 12.2 Å². The lowest BCUT2D eigenvalue weighted by Crippen LogP contribution is -2.34. The third-order valence-corrected chi connectivity index (χ3v) is 2.58. The van der Waals surface area contributed by atoms with Gasteiger partial charge < -0.3 is 9.47 Å². The molecule has 0 spiro atoms. The lowest BCUT2D eigenvalue weighted by Gasteiger charge is -2.12. The molecule has 2 amide bonds. The van der Waals surface area contributed by atoms with Crippen LogP contribution in [0.2, 0.25) is 0 Å². The Bertz CT molecular complexity index is 345. The molecule has 2 aliphatic rings. The van der Waals surface area contributed by atoms with E-state index in [9.17, 15) is 27.2 Å². The van der Waals surface area contributed by atoms with Crippen LogP contribution in [-0.4, -0.2) is 74.2 Å². The highest BCUT2D eigenvalue weighted by molar-refractivity contribution is 5.70. The fourth-order valence-electron chi connectivity index (χ4n) is 1.52. The first-order valence-electron chi connectivity index (χ1n) is 5.74. The van der Waals surface area contributed by atoms with Crippen molar-refractivity contribution in [1.29, 1.82) is 0 Å². The van der Waals surface area contributed by atoms with Gasteiger partial charge in [0.2, 0.25) is 0 Å². The average molecular weight is 302 g/mol. The Morgan fingerprint density at radius 3 is 2.30 bits per heavy atom. The minimum Gasteiger partial charge on any atom is -0.448 e. The van der Waals surface area contributed by atoms with Crippen molar-refractivity contribution < 1.29 is 36.6 Å². The van der Waals surface area contributed by atoms with Crippen LogP contribution < -0.4 is 0 Å². The first-order valence-corrected chi connectivity index (χ1v) is 5.74. The zero-order valence-electron chi connectivity index (χ0n) is 10.4. The molecule has 0 aromatic rings. The van der Waals surface area contributed by atoms with Crippen LogP contribution in [0, 0.1) is 0 Å². The molecule has 0 radical (unpaired) electrons. The zero-order chi connectivity index (χ0) is 15.1. The van der Waals surface area contributed by atoms with Gasteiger partial charge in [0.25, 0.3) is 6.43 Å². The average Bonchev–Trinajstić information content (AvgIpc) is 2.96. The van der Waals surface area contributed by atoms with Crippen molar-refractivity contribution in [2.24, 2.45) is 0 Å². The van der Waals surface area contributed by atoms with Gasteiger partial charge in [0.05, 0.1) is 13.1 Å². The van der Waals surface area contributed by atoms with Gasteiger partial charge in [0.1, 0.15) is 25.9 Å². The summed E-state index contributed by atoms with van der Waals surface area (Å²) < 4.78 is 55.7. The Morgan fingerprint density at radius 1 is 1.20 bits per heavy atom. The third-order valence-electron chi connectivity index (χ3n) is 2.58. The van der Waals surface area contributed by atoms with E-state index in [2.05, 4.69) is 9.47 Å². The number of carbonyl (C=O) groups is 2. The molecule has 0 N–H and O–H groups in total. The SMILES string of the molecule is O=C1OCC(CF)N1CF.O=C1OCCN1CC(F)F. The molecular weight excluding hydrogens is 288 g/mol. The molecule has 0 aromatic carbocycles. The highest BCUT2D eigenvalue weighted by Gasteiger charge is 2.32. The molecule has 2 saturated heterocycles. The maximum absolute atomic E-state index is 11.9. The minimum absolute atomic E-state index is 0.0424. The molecular formula is C10H14F4N2O4. The summed E-state index contributed by atoms with van der Waals surface area (Å²) >= 11 is 0. The second-order valence-corrected chi connectivity index (χ2v) is 3.93. The van der Waals surface area contributed by atoms with Gasteiger partial charge in [-0.2, -0.15) is 0 Å². The van der Waals surface area contributed by atoms with Crippen LogP contribution in [0.5, 0.6) is 0 Å². The molecule has 10 heteroatoms. The molecule has 2 heterocycles. The van der Waals surface area contributed by atoms with Gasteiger partial charge in [-0.1, -0.05) is 0 Å². The number of cyclic esters (lactones) is 2. The van der Waals surface area contributed by atoms with E-state index in [0.29, 0.717) is 0 Å². The Morgan fingerprint density at radius 2 is 1.90 bits per heavy atom. The Labute approximate surface area is 112 Å². The highest BCUT2D eigenvalue weighted by atomic mass is 19.3. The second-order valence-electron chi connectivity index (χ2n) is 3.93. The number of ether oxygens (including phenoxy) is 2. The molecule has 2 rings (SSSR count). The molecule has 0 aromatic heterocycles. The normalized spacial score (nSPS) is 21.8. The number of halogens is 4. The third kappa shape index (κ3) is 4.42. The van der Waals surface area contributed by atoms with E-state index in [0.717, 1.165) is 9.80 Å². The number of rotatable bonds is 4. The molecule has 1 atom stereocenters. The van der Waals surface area contributed by atoms with E-state index >= 15 is 0 Å². The van der Waals surface area contributed by atoms with Crippen LogP contribution >= 0.6 is 0 Å². The van der Waals surface area contributed by atoms with Crippen LogP contribution in [0.4, 0.5) is 27.2 Å². The largest absolute Gasteiger partial charge is 0.448 e. The van der Waals surface area contributed by atoms with Gasteiger partial charge >= 0.3 is 12.2 Å². The van der Waals surface area contributed by atoms with Crippen LogP contribution in [-0.2, 0) is 9.47 Å². The topological polar surface area (TPSA) is 59.1 Å². The predicted molar refractivity (Wildman–Crippen MR) is 57.9 cm³/mol. The van der Waals surface area contributed by atoms with E-state index in [4.69, 9.17) is 0 Å². The molecule has 1 unspecified atom stereocenters. The lowest BCUT2D eigenvalue weighted by atomic mass is 10.3. The number of hydrogen-bond acceptors (Lipinski definition) is 4. The van der Waals surface area contributed by atoms with E-state index in [1.165, 1.54) is 0 Å². The van der Waals surface area contributed by atoms with Gasteiger partial charge in [-0.3, -0.25) is 9.80 Å². The minimum atomic E-state index is -2.47. The molecule has 2 aliphatic heterocycles. The van der Waals surface area contributed by atoms with E-state index < -0.39 is 44.7 Å². The van der Waals surface area contributed by atoms with Crippen molar-refractivity contribution in [3.05, 3.63) is 0 Å². The van der Waals surface area contributed by atoms with Crippen molar-refractivity contribution in [3.8, 4) is 0 Å². The zero-order valence-corrected chi connectivity index (χ0v) is 10.4. The monoisotopic (exact) mass is 302 g/mol. The van der Waals surface area contributed by atoms with Crippen molar-refractivity contribution in [1.82, 2.24) is 9.80 Å². The van der Waals surface area contributed by atoms with Crippen molar-refractivity contribution in [3.63, 3.8) is 0 Å². The van der Waals surface area contributed by atoms with Gasteiger partial charge in [-0.25, -0.2) is 27.2 Å². The summed E-state index contributed by atoms with van der Waals surface area (Å²) in [5, 5.41) is 0. The molecule has 0 saturated carbocycles. The molecule has 116 valence electrons. The Kier molecular flexibility index (Phi) is 6.32. The van der Waals surface area contributed by atoms with Gasteiger partial charge in [0.15, 0.2) is 6.80 Å². The summed E-state index contributed by atoms with van der Waals surface area (Å²) in [4.78, 5) is 22.7. The summed E-state index contributed by atoms with van der Waals surface area (Å²) in [5.41, 5.74) is 0.